The van der Waals surface area contributed by atoms with Gasteiger partial charge in [-0.1, -0.05) is 37.1 Å². The van der Waals surface area contributed by atoms with Crippen molar-refractivity contribution in [1.82, 2.24) is 5.32 Å². The molecule has 0 spiro atoms. The molecule has 1 N–H and O–H groups in total. The molecule has 0 radical (unpaired) electrons. The second-order valence-corrected chi connectivity index (χ2v) is 7.09. The van der Waals surface area contributed by atoms with Crippen molar-refractivity contribution in [2.24, 2.45) is 0 Å². The van der Waals surface area contributed by atoms with Gasteiger partial charge in [0.15, 0.2) is 0 Å². The highest BCUT2D eigenvalue weighted by molar-refractivity contribution is 7.98. The molecule has 0 aliphatic carbocycles. The van der Waals surface area contributed by atoms with E-state index in [1.54, 1.807) is 11.8 Å². The first-order chi connectivity index (χ1) is 11.1. The molecule has 0 bridgehead atoms. The van der Waals surface area contributed by atoms with E-state index in [2.05, 4.69) is 12.2 Å². The van der Waals surface area contributed by atoms with Crippen LogP contribution in [0.1, 0.15) is 42.6 Å². The molecule has 23 heavy (non-hydrogen) atoms. The van der Waals surface area contributed by atoms with E-state index in [-0.39, 0.29) is 11.9 Å². The molecule has 2 rings (SSSR count). The number of benzene rings is 2. The third-order valence-electron chi connectivity index (χ3n) is 3.53. The van der Waals surface area contributed by atoms with Gasteiger partial charge in [0.1, 0.15) is 0 Å². The van der Waals surface area contributed by atoms with Crippen molar-refractivity contribution >= 4 is 29.3 Å². The molecule has 0 aromatic heterocycles. The van der Waals surface area contributed by atoms with Gasteiger partial charge >= 0.3 is 0 Å². The highest BCUT2D eigenvalue weighted by Crippen LogP contribution is 2.24. The molecule has 1 amide bonds. The van der Waals surface area contributed by atoms with Crippen molar-refractivity contribution in [2.45, 2.75) is 43.4 Å². The number of carbonyl (C=O) groups is 1. The van der Waals surface area contributed by atoms with Crippen LogP contribution in [0, 0.1) is 0 Å². The fraction of sp³-hybridized carbons (Fsp3) is 0.316. The van der Waals surface area contributed by atoms with Crippen molar-refractivity contribution in [3.05, 3.63) is 64.7 Å². The lowest BCUT2D eigenvalue weighted by molar-refractivity contribution is 0.0938. The van der Waals surface area contributed by atoms with E-state index in [0.717, 1.165) is 23.6 Å². The van der Waals surface area contributed by atoms with E-state index in [9.17, 15) is 4.79 Å². The lowest BCUT2D eigenvalue weighted by Gasteiger charge is -2.12. The molecular formula is C19H22ClNOS. The quantitative estimate of drug-likeness (QED) is 0.665. The Morgan fingerprint density at radius 1 is 1.13 bits per heavy atom. The maximum absolute atomic E-state index is 12.1. The molecule has 0 aliphatic heterocycles. The summed E-state index contributed by atoms with van der Waals surface area (Å²) in [6.07, 6.45) is 2.07. The van der Waals surface area contributed by atoms with Crippen LogP contribution >= 0.6 is 23.4 Å². The van der Waals surface area contributed by atoms with Gasteiger partial charge in [-0.15, -0.1) is 11.8 Å². The molecule has 4 heteroatoms. The zero-order valence-electron chi connectivity index (χ0n) is 13.5. The Morgan fingerprint density at radius 2 is 1.78 bits per heavy atom. The Hall–Kier alpha value is -1.45. The van der Waals surface area contributed by atoms with Gasteiger partial charge in [-0.25, -0.2) is 0 Å². The largest absolute Gasteiger partial charge is 0.350 e. The van der Waals surface area contributed by atoms with Crippen LogP contribution < -0.4 is 5.32 Å². The predicted octanol–water partition coefficient (Wildman–Crippen LogP) is 5.55. The SMILES string of the molecule is CCCC(C)NC(=O)c1ccc(CSc2ccc(Cl)cc2)cc1. The molecule has 0 saturated heterocycles. The Morgan fingerprint density at radius 3 is 2.39 bits per heavy atom. The van der Waals surface area contributed by atoms with Crippen molar-refractivity contribution < 1.29 is 4.79 Å². The van der Waals surface area contributed by atoms with E-state index in [1.807, 2.05) is 55.5 Å². The Bertz CT molecular complexity index is 625. The van der Waals surface area contributed by atoms with Crippen LogP contribution in [-0.2, 0) is 5.75 Å². The van der Waals surface area contributed by atoms with Gasteiger partial charge < -0.3 is 5.32 Å². The molecule has 2 aromatic rings. The van der Waals surface area contributed by atoms with Crippen molar-refractivity contribution in [3.8, 4) is 0 Å². The minimum Gasteiger partial charge on any atom is -0.350 e. The van der Waals surface area contributed by atoms with E-state index in [4.69, 9.17) is 11.6 Å². The number of rotatable bonds is 7. The molecular weight excluding hydrogens is 326 g/mol. The van der Waals surface area contributed by atoms with Crippen molar-refractivity contribution in [2.75, 3.05) is 0 Å². The summed E-state index contributed by atoms with van der Waals surface area (Å²) in [5.41, 5.74) is 1.91. The third kappa shape index (κ3) is 5.92. The predicted molar refractivity (Wildman–Crippen MR) is 99.3 cm³/mol. The molecule has 2 aromatic carbocycles. The second-order valence-electron chi connectivity index (χ2n) is 5.60. The second kappa shape index (κ2) is 8.99. The molecule has 0 heterocycles. The Labute approximate surface area is 147 Å². The molecule has 1 unspecified atom stereocenters. The van der Waals surface area contributed by atoms with Gasteiger partial charge in [-0.3, -0.25) is 4.79 Å². The number of halogens is 1. The first-order valence-corrected chi connectivity index (χ1v) is 9.23. The lowest BCUT2D eigenvalue weighted by Crippen LogP contribution is -2.32. The van der Waals surface area contributed by atoms with E-state index in [0.29, 0.717) is 5.56 Å². The van der Waals surface area contributed by atoms with Gasteiger partial charge in [0.25, 0.3) is 5.91 Å². The summed E-state index contributed by atoms with van der Waals surface area (Å²) in [5.74, 6) is 0.873. The average Bonchev–Trinajstić information content (AvgIpc) is 2.55. The number of carbonyl (C=O) groups excluding carboxylic acids is 1. The molecule has 122 valence electrons. The smallest absolute Gasteiger partial charge is 0.251 e. The standard InChI is InChI=1S/C19H22ClNOS/c1-3-4-14(2)21-19(22)16-7-5-15(6-8-16)13-23-18-11-9-17(20)10-12-18/h5-12,14H,3-4,13H2,1-2H3,(H,21,22). The van der Waals surface area contributed by atoms with Crippen LogP contribution in [0.3, 0.4) is 0 Å². The van der Waals surface area contributed by atoms with Crippen molar-refractivity contribution in [1.29, 1.82) is 0 Å². The summed E-state index contributed by atoms with van der Waals surface area (Å²) in [7, 11) is 0. The topological polar surface area (TPSA) is 29.1 Å². The average molecular weight is 348 g/mol. The summed E-state index contributed by atoms with van der Waals surface area (Å²) in [5, 5.41) is 3.77. The molecule has 2 nitrogen and oxygen atoms in total. The van der Waals surface area contributed by atoms with Crippen LogP contribution in [-0.4, -0.2) is 11.9 Å². The van der Waals surface area contributed by atoms with Gasteiger partial charge in [0.05, 0.1) is 0 Å². The van der Waals surface area contributed by atoms with Crippen LogP contribution in [0.2, 0.25) is 5.02 Å². The molecule has 0 fully saturated rings. The van der Waals surface area contributed by atoms with Gasteiger partial charge in [0, 0.05) is 27.3 Å². The lowest BCUT2D eigenvalue weighted by atomic mass is 10.1. The van der Waals surface area contributed by atoms with Crippen LogP contribution in [0.25, 0.3) is 0 Å². The van der Waals surface area contributed by atoms with Gasteiger partial charge in [0.2, 0.25) is 0 Å². The Balaban J connectivity index is 1.88. The first kappa shape index (κ1) is 17.9. The summed E-state index contributed by atoms with van der Waals surface area (Å²) in [6.45, 7) is 4.16. The maximum atomic E-state index is 12.1. The highest BCUT2D eigenvalue weighted by Gasteiger charge is 2.09. The minimum atomic E-state index is 0.00264. The number of amides is 1. The highest BCUT2D eigenvalue weighted by atomic mass is 35.5. The molecule has 0 aliphatic rings. The van der Waals surface area contributed by atoms with E-state index < -0.39 is 0 Å². The van der Waals surface area contributed by atoms with Gasteiger partial charge in [-0.2, -0.15) is 0 Å². The normalized spacial score (nSPS) is 12.0. The first-order valence-electron chi connectivity index (χ1n) is 7.86. The molecule has 1 atom stereocenters. The Kier molecular flexibility index (Phi) is 7.00. The zero-order valence-corrected chi connectivity index (χ0v) is 15.1. The van der Waals surface area contributed by atoms with E-state index >= 15 is 0 Å². The summed E-state index contributed by atoms with van der Waals surface area (Å²) in [6, 6.07) is 15.9. The zero-order chi connectivity index (χ0) is 16.7. The van der Waals surface area contributed by atoms with Gasteiger partial charge in [-0.05, 0) is 55.3 Å². The summed E-state index contributed by atoms with van der Waals surface area (Å²) >= 11 is 7.64. The number of hydrogen-bond acceptors (Lipinski definition) is 2. The fourth-order valence-electron chi connectivity index (χ4n) is 2.26. The van der Waals surface area contributed by atoms with E-state index in [1.165, 1.54) is 10.5 Å². The van der Waals surface area contributed by atoms with Crippen LogP contribution in [0.4, 0.5) is 0 Å². The number of hydrogen-bond donors (Lipinski definition) is 1. The van der Waals surface area contributed by atoms with Crippen LogP contribution in [0.5, 0.6) is 0 Å². The monoisotopic (exact) mass is 347 g/mol. The van der Waals surface area contributed by atoms with Crippen LogP contribution in [0.15, 0.2) is 53.4 Å². The molecule has 0 saturated carbocycles. The summed E-state index contributed by atoms with van der Waals surface area (Å²) < 4.78 is 0. The summed E-state index contributed by atoms with van der Waals surface area (Å²) in [4.78, 5) is 13.3. The minimum absolute atomic E-state index is 0.00264. The fourth-order valence-corrected chi connectivity index (χ4v) is 3.24. The third-order valence-corrected chi connectivity index (χ3v) is 4.87. The number of thioether (sulfide) groups is 1. The number of nitrogens with one attached hydrogen (secondary N) is 1. The van der Waals surface area contributed by atoms with Crippen molar-refractivity contribution in [3.63, 3.8) is 0 Å². The maximum Gasteiger partial charge on any atom is 0.251 e.